The Morgan fingerprint density at radius 2 is 2.10 bits per heavy atom. The van der Waals surface area contributed by atoms with E-state index in [9.17, 15) is 4.79 Å². The zero-order chi connectivity index (χ0) is 15.7. The number of hydrogen-bond acceptors (Lipinski definition) is 4. The Morgan fingerprint density at radius 3 is 2.76 bits per heavy atom. The van der Waals surface area contributed by atoms with Crippen LogP contribution < -0.4 is 15.4 Å². The topological polar surface area (TPSA) is 59.6 Å². The molecule has 21 heavy (non-hydrogen) atoms. The maximum absolute atomic E-state index is 11.9. The minimum atomic E-state index is -0.0571. The first-order valence-corrected chi connectivity index (χ1v) is 7.22. The largest absolute Gasteiger partial charge is 0.491 e. The van der Waals surface area contributed by atoms with Crippen molar-refractivity contribution in [3.05, 3.63) is 29.3 Å². The zero-order valence-electron chi connectivity index (χ0n) is 13.4. The highest BCUT2D eigenvalue weighted by Gasteiger charge is 2.12. The van der Waals surface area contributed by atoms with Crippen LogP contribution in [0.2, 0.25) is 0 Å². The molecule has 2 N–H and O–H groups in total. The molecular formula is C16H26N2O3. The second kappa shape index (κ2) is 9.37. The highest BCUT2D eigenvalue weighted by molar-refractivity contribution is 5.78. The van der Waals surface area contributed by atoms with Crippen molar-refractivity contribution in [2.45, 2.75) is 20.4 Å². The molecule has 0 saturated carbocycles. The predicted octanol–water partition coefficient (Wildman–Crippen LogP) is 1.49. The van der Waals surface area contributed by atoms with Gasteiger partial charge in [0.05, 0.1) is 6.61 Å². The maximum atomic E-state index is 11.9. The Kier molecular flexibility index (Phi) is 7.79. The highest BCUT2D eigenvalue weighted by atomic mass is 16.5. The van der Waals surface area contributed by atoms with Crippen molar-refractivity contribution in [2.24, 2.45) is 5.92 Å². The van der Waals surface area contributed by atoms with E-state index in [0.717, 1.165) is 16.9 Å². The molecule has 5 nitrogen and oxygen atoms in total. The van der Waals surface area contributed by atoms with E-state index in [2.05, 4.69) is 10.6 Å². The van der Waals surface area contributed by atoms with Crippen LogP contribution in [0, 0.1) is 12.8 Å². The van der Waals surface area contributed by atoms with Crippen molar-refractivity contribution in [3.63, 3.8) is 0 Å². The predicted molar refractivity (Wildman–Crippen MR) is 83.5 cm³/mol. The summed E-state index contributed by atoms with van der Waals surface area (Å²) < 4.78 is 10.7. The second-order valence-corrected chi connectivity index (χ2v) is 5.13. The summed E-state index contributed by atoms with van der Waals surface area (Å²) in [6.07, 6.45) is 0. The van der Waals surface area contributed by atoms with Crippen molar-refractivity contribution >= 4 is 5.91 Å². The normalized spacial score (nSPS) is 12.0. The van der Waals surface area contributed by atoms with Crippen molar-refractivity contribution in [1.29, 1.82) is 0 Å². The summed E-state index contributed by atoms with van der Waals surface area (Å²) in [6, 6.07) is 5.98. The Labute approximate surface area is 127 Å². The van der Waals surface area contributed by atoms with E-state index in [1.165, 1.54) is 0 Å². The summed E-state index contributed by atoms with van der Waals surface area (Å²) in [7, 11) is 3.48. The van der Waals surface area contributed by atoms with E-state index in [0.29, 0.717) is 26.3 Å². The fourth-order valence-electron chi connectivity index (χ4n) is 1.93. The summed E-state index contributed by atoms with van der Waals surface area (Å²) in [5.41, 5.74) is 2.10. The van der Waals surface area contributed by atoms with E-state index >= 15 is 0 Å². The van der Waals surface area contributed by atoms with Crippen LogP contribution in [0.4, 0.5) is 0 Å². The highest BCUT2D eigenvalue weighted by Crippen LogP contribution is 2.20. The number of rotatable bonds is 9. The molecule has 0 aromatic heterocycles. The number of carbonyl (C=O) groups is 1. The summed E-state index contributed by atoms with van der Waals surface area (Å²) in [4.78, 5) is 11.9. The van der Waals surface area contributed by atoms with Crippen LogP contribution in [0.25, 0.3) is 0 Å². The Balaban J connectivity index is 2.62. The van der Waals surface area contributed by atoms with Gasteiger partial charge in [-0.1, -0.05) is 19.1 Å². The number of aryl methyl sites for hydroxylation is 1. The third kappa shape index (κ3) is 6.14. The summed E-state index contributed by atoms with van der Waals surface area (Å²) >= 11 is 0. The number of hydrogen-bond donors (Lipinski definition) is 2. The standard InChI is InChI=1S/C16H26N2O3/c1-12-5-6-14(15(9-12)21-8-7-20-4)11-18-16(19)13(2)10-17-3/h5-6,9,13,17H,7-8,10-11H2,1-4H3,(H,18,19). The van der Waals surface area contributed by atoms with E-state index in [4.69, 9.17) is 9.47 Å². The van der Waals surface area contributed by atoms with E-state index in [1.807, 2.05) is 39.1 Å². The summed E-state index contributed by atoms with van der Waals surface area (Å²) in [5.74, 6) is 0.777. The average Bonchev–Trinajstić information content (AvgIpc) is 2.46. The fourth-order valence-corrected chi connectivity index (χ4v) is 1.93. The quantitative estimate of drug-likeness (QED) is 0.678. The number of nitrogens with one attached hydrogen (secondary N) is 2. The van der Waals surface area contributed by atoms with Gasteiger partial charge in [-0.05, 0) is 25.6 Å². The first-order valence-electron chi connectivity index (χ1n) is 7.22. The van der Waals surface area contributed by atoms with Crippen LogP contribution in [0.5, 0.6) is 5.75 Å². The number of ether oxygens (including phenoxy) is 2. The van der Waals surface area contributed by atoms with Crippen molar-refractivity contribution < 1.29 is 14.3 Å². The zero-order valence-corrected chi connectivity index (χ0v) is 13.4. The molecule has 1 atom stereocenters. The molecule has 0 aliphatic heterocycles. The number of benzene rings is 1. The van der Waals surface area contributed by atoms with E-state index < -0.39 is 0 Å². The van der Waals surface area contributed by atoms with Gasteiger partial charge in [0.1, 0.15) is 12.4 Å². The molecular weight excluding hydrogens is 268 g/mol. The smallest absolute Gasteiger partial charge is 0.224 e. The molecule has 0 spiro atoms. The van der Waals surface area contributed by atoms with Crippen LogP contribution in [0.1, 0.15) is 18.1 Å². The van der Waals surface area contributed by atoms with Crippen molar-refractivity contribution in [3.8, 4) is 5.75 Å². The minimum absolute atomic E-state index is 0.0350. The van der Waals surface area contributed by atoms with Gasteiger partial charge < -0.3 is 20.1 Å². The van der Waals surface area contributed by atoms with Crippen LogP contribution in [0.15, 0.2) is 18.2 Å². The molecule has 0 aliphatic carbocycles. The van der Waals surface area contributed by atoms with Crippen molar-refractivity contribution in [1.82, 2.24) is 10.6 Å². The van der Waals surface area contributed by atoms with Gasteiger partial charge in [0, 0.05) is 31.7 Å². The van der Waals surface area contributed by atoms with Gasteiger partial charge >= 0.3 is 0 Å². The lowest BCUT2D eigenvalue weighted by atomic mass is 10.1. The monoisotopic (exact) mass is 294 g/mol. The first-order chi connectivity index (χ1) is 10.1. The third-order valence-electron chi connectivity index (χ3n) is 3.18. The Bertz CT molecular complexity index is 449. The second-order valence-electron chi connectivity index (χ2n) is 5.13. The van der Waals surface area contributed by atoms with Gasteiger partial charge in [0.25, 0.3) is 0 Å². The maximum Gasteiger partial charge on any atom is 0.224 e. The van der Waals surface area contributed by atoms with Crippen LogP contribution in [-0.4, -0.2) is 39.8 Å². The molecule has 1 amide bonds. The lowest BCUT2D eigenvalue weighted by molar-refractivity contribution is -0.124. The summed E-state index contributed by atoms with van der Waals surface area (Å²) in [5, 5.41) is 5.94. The van der Waals surface area contributed by atoms with E-state index in [1.54, 1.807) is 7.11 Å². The number of amides is 1. The number of methoxy groups -OCH3 is 1. The molecule has 118 valence electrons. The Hall–Kier alpha value is -1.59. The van der Waals surface area contributed by atoms with Gasteiger partial charge in [-0.15, -0.1) is 0 Å². The average molecular weight is 294 g/mol. The van der Waals surface area contributed by atoms with Crippen LogP contribution >= 0.6 is 0 Å². The minimum Gasteiger partial charge on any atom is -0.491 e. The molecule has 0 aliphatic rings. The van der Waals surface area contributed by atoms with E-state index in [-0.39, 0.29) is 11.8 Å². The lowest BCUT2D eigenvalue weighted by Crippen LogP contribution is -2.34. The molecule has 1 aromatic carbocycles. The molecule has 0 bridgehead atoms. The van der Waals surface area contributed by atoms with Crippen molar-refractivity contribution in [2.75, 3.05) is 33.9 Å². The molecule has 0 saturated heterocycles. The third-order valence-corrected chi connectivity index (χ3v) is 3.18. The first kappa shape index (κ1) is 17.5. The summed E-state index contributed by atoms with van der Waals surface area (Å²) in [6.45, 7) is 6.08. The van der Waals surface area contributed by atoms with Gasteiger partial charge in [0.15, 0.2) is 0 Å². The molecule has 0 heterocycles. The molecule has 5 heteroatoms. The van der Waals surface area contributed by atoms with Gasteiger partial charge in [-0.25, -0.2) is 0 Å². The molecule has 1 rings (SSSR count). The molecule has 1 unspecified atom stereocenters. The number of carbonyl (C=O) groups excluding carboxylic acids is 1. The van der Waals surface area contributed by atoms with Gasteiger partial charge in [0.2, 0.25) is 5.91 Å². The van der Waals surface area contributed by atoms with Crippen LogP contribution in [0.3, 0.4) is 0 Å². The fraction of sp³-hybridized carbons (Fsp3) is 0.562. The molecule has 0 radical (unpaired) electrons. The SMILES string of the molecule is CNCC(C)C(=O)NCc1ccc(C)cc1OCCOC. The lowest BCUT2D eigenvalue weighted by Gasteiger charge is -2.15. The molecule has 1 aromatic rings. The van der Waals surface area contributed by atoms with Crippen LogP contribution in [-0.2, 0) is 16.1 Å². The van der Waals surface area contributed by atoms with Gasteiger partial charge in [-0.2, -0.15) is 0 Å². The van der Waals surface area contributed by atoms with Gasteiger partial charge in [-0.3, -0.25) is 4.79 Å². The Morgan fingerprint density at radius 1 is 1.33 bits per heavy atom. The molecule has 0 fully saturated rings.